The molecule has 0 rings (SSSR count). The van der Waals surface area contributed by atoms with E-state index in [0.717, 1.165) is 25.9 Å². The Labute approximate surface area is 98.8 Å². The van der Waals surface area contributed by atoms with Gasteiger partial charge >= 0.3 is 0 Å². The van der Waals surface area contributed by atoms with Gasteiger partial charge in [0.05, 0.1) is 0 Å². The zero-order chi connectivity index (χ0) is 11.5. The second-order valence-corrected chi connectivity index (χ2v) is 5.02. The van der Waals surface area contributed by atoms with E-state index in [-0.39, 0.29) is 0 Å². The van der Waals surface area contributed by atoms with Crippen LogP contribution in [0.3, 0.4) is 0 Å². The molecule has 90 valence electrons. The summed E-state index contributed by atoms with van der Waals surface area (Å²) in [4.78, 5) is 13.1. The van der Waals surface area contributed by atoms with Gasteiger partial charge in [-0.15, -0.1) is 0 Å². The van der Waals surface area contributed by atoms with Gasteiger partial charge in [-0.05, 0) is 38.6 Å². The second-order valence-electron chi connectivity index (χ2n) is 3.80. The van der Waals surface area contributed by atoms with Gasteiger partial charge in [0, 0.05) is 18.7 Å². The van der Waals surface area contributed by atoms with Crippen LogP contribution in [0.15, 0.2) is 0 Å². The smallest absolute Gasteiger partial charge is 0.129 e. The topological polar surface area (TPSA) is 20.3 Å². The van der Waals surface area contributed by atoms with Gasteiger partial charge in [0.1, 0.15) is 5.78 Å². The summed E-state index contributed by atoms with van der Waals surface area (Å²) in [6, 6.07) is 0. The summed E-state index contributed by atoms with van der Waals surface area (Å²) in [6.07, 6.45) is 3.01. The van der Waals surface area contributed by atoms with E-state index >= 15 is 0 Å². The molecule has 0 heterocycles. The van der Waals surface area contributed by atoms with E-state index in [1.54, 1.807) is 6.92 Å². The van der Waals surface area contributed by atoms with Crippen molar-refractivity contribution in [1.82, 2.24) is 4.90 Å². The predicted octanol–water partition coefficient (Wildman–Crippen LogP) is 2.82. The molecule has 0 aromatic heterocycles. The number of carbonyl (C=O) groups is 1. The lowest BCUT2D eigenvalue weighted by atomic mass is 10.2. The molecule has 0 saturated carbocycles. The molecule has 15 heavy (non-hydrogen) atoms. The number of hydrogen-bond donors (Lipinski definition) is 0. The van der Waals surface area contributed by atoms with Crippen LogP contribution in [0.5, 0.6) is 0 Å². The summed E-state index contributed by atoms with van der Waals surface area (Å²) in [6.45, 7) is 9.60. The van der Waals surface area contributed by atoms with Crippen molar-refractivity contribution in [1.29, 1.82) is 0 Å². The first-order valence-corrected chi connectivity index (χ1v) is 7.15. The molecule has 0 atom stereocenters. The summed E-state index contributed by atoms with van der Waals surface area (Å²) >= 11 is 2.01. The molecule has 2 nitrogen and oxygen atoms in total. The summed E-state index contributed by atoms with van der Waals surface area (Å²) < 4.78 is 0. The van der Waals surface area contributed by atoms with Crippen LogP contribution in [0.4, 0.5) is 0 Å². The first kappa shape index (κ1) is 15.0. The molecule has 0 amide bonds. The number of carbonyl (C=O) groups excluding carboxylic acids is 1. The van der Waals surface area contributed by atoms with Crippen LogP contribution >= 0.6 is 11.8 Å². The molecule has 0 saturated heterocycles. The van der Waals surface area contributed by atoms with E-state index in [1.807, 2.05) is 11.8 Å². The molecule has 0 aliphatic rings. The highest BCUT2D eigenvalue weighted by atomic mass is 32.2. The summed E-state index contributed by atoms with van der Waals surface area (Å²) in [5.74, 6) is 2.75. The minimum absolute atomic E-state index is 0.322. The van der Waals surface area contributed by atoms with Crippen LogP contribution in [-0.2, 0) is 4.79 Å². The maximum atomic E-state index is 10.7. The third-order valence-corrected chi connectivity index (χ3v) is 3.56. The first-order chi connectivity index (χ1) is 7.20. The molecule has 0 fully saturated rings. The van der Waals surface area contributed by atoms with Crippen molar-refractivity contribution in [3.05, 3.63) is 0 Å². The number of thioether (sulfide) groups is 1. The third kappa shape index (κ3) is 10.3. The van der Waals surface area contributed by atoms with Crippen LogP contribution in [0.1, 0.15) is 40.0 Å². The number of unbranched alkanes of at least 4 members (excludes halogenated alkanes) is 1. The van der Waals surface area contributed by atoms with Gasteiger partial charge < -0.3 is 9.69 Å². The van der Waals surface area contributed by atoms with Crippen molar-refractivity contribution >= 4 is 17.5 Å². The predicted molar refractivity (Wildman–Crippen MR) is 69.6 cm³/mol. The number of rotatable bonds is 10. The van der Waals surface area contributed by atoms with Crippen molar-refractivity contribution < 1.29 is 4.79 Å². The Morgan fingerprint density at radius 3 is 2.33 bits per heavy atom. The molecule has 0 N–H and O–H groups in total. The summed E-state index contributed by atoms with van der Waals surface area (Å²) in [7, 11) is 0. The fourth-order valence-corrected chi connectivity index (χ4v) is 2.41. The second kappa shape index (κ2) is 10.5. The highest BCUT2D eigenvalue weighted by Crippen LogP contribution is 2.07. The van der Waals surface area contributed by atoms with Gasteiger partial charge in [0.15, 0.2) is 0 Å². The highest BCUT2D eigenvalue weighted by molar-refractivity contribution is 7.99. The molecule has 0 aromatic carbocycles. The maximum Gasteiger partial charge on any atom is 0.129 e. The van der Waals surface area contributed by atoms with Gasteiger partial charge in [-0.2, -0.15) is 11.8 Å². The van der Waals surface area contributed by atoms with Crippen LogP contribution in [0.2, 0.25) is 0 Å². The van der Waals surface area contributed by atoms with Gasteiger partial charge in [-0.3, -0.25) is 0 Å². The van der Waals surface area contributed by atoms with Crippen molar-refractivity contribution in [3.63, 3.8) is 0 Å². The van der Waals surface area contributed by atoms with E-state index < -0.39 is 0 Å². The van der Waals surface area contributed by atoms with Crippen molar-refractivity contribution in [2.24, 2.45) is 0 Å². The van der Waals surface area contributed by atoms with Gasteiger partial charge in [-0.1, -0.05) is 13.8 Å². The van der Waals surface area contributed by atoms with E-state index in [9.17, 15) is 4.79 Å². The van der Waals surface area contributed by atoms with Gasteiger partial charge in [-0.25, -0.2) is 0 Å². The Morgan fingerprint density at radius 2 is 1.80 bits per heavy atom. The fraction of sp³-hybridized carbons (Fsp3) is 0.917. The largest absolute Gasteiger partial charge is 0.303 e. The Bertz CT molecular complexity index is 158. The monoisotopic (exact) mass is 231 g/mol. The Morgan fingerprint density at radius 1 is 1.13 bits per heavy atom. The molecule has 0 spiro atoms. The molecule has 3 heteroatoms. The van der Waals surface area contributed by atoms with E-state index in [4.69, 9.17) is 0 Å². The lowest BCUT2D eigenvalue weighted by molar-refractivity contribution is -0.117. The third-order valence-electron chi connectivity index (χ3n) is 2.51. The van der Waals surface area contributed by atoms with Gasteiger partial charge in [0.25, 0.3) is 0 Å². The highest BCUT2D eigenvalue weighted by Gasteiger charge is 1.98. The van der Waals surface area contributed by atoms with Crippen molar-refractivity contribution in [3.8, 4) is 0 Å². The SMILES string of the molecule is CCN(CC)CCSCCCCC(C)=O. The number of Topliss-reactive ketones (excluding diaryl/α,β-unsaturated/α-hetero) is 1. The van der Waals surface area contributed by atoms with E-state index in [0.29, 0.717) is 5.78 Å². The Balaban J connectivity index is 3.14. The average Bonchev–Trinajstić information content (AvgIpc) is 2.22. The zero-order valence-electron chi connectivity index (χ0n) is 10.4. The van der Waals surface area contributed by atoms with Crippen LogP contribution in [0, 0.1) is 0 Å². The molecule has 0 aliphatic carbocycles. The molecule has 0 bridgehead atoms. The van der Waals surface area contributed by atoms with Crippen LogP contribution < -0.4 is 0 Å². The zero-order valence-corrected chi connectivity index (χ0v) is 11.2. The summed E-state index contributed by atoms with van der Waals surface area (Å²) in [5, 5.41) is 0. The first-order valence-electron chi connectivity index (χ1n) is 6.00. The lowest BCUT2D eigenvalue weighted by Gasteiger charge is -2.17. The van der Waals surface area contributed by atoms with Crippen LogP contribution in [-0.4, -0.2) is 41.8 Å². The van der Waals surface area contributed by atoms with Gasteiger partial charge in [0.2, 0.25) is 0 Å². The quantitative estimate of drug-likeness (QED) is 0.539. The van der Waals surface area contributed by atoms with E-state index in [1.165, 1.54) is 24.5 Å². The molecule has 0 radical (unpaired) electrons. The number of nitrogens with zero attached hydrogens (tertiary/aromatic N) is 1. The normalized spacial score (nSPS) is 10.9. The number of ketones is 1. The molecule has 0 aromatic rings. The molecule has 0 unspecified atom stereocenters. The fourth-order valence-electron chi connectivity index (χ4n) is 1.41. The maximum absolute atomic E-state index is 10.7. The van der Waals surface area contributed by atoms with Crippen molar-refractivity contribution in [2.75, 3.05) is 31.1 Å². The van der Waals surface area contributed by atoms with Crippen molar-refractivity contribution in [2.45, 2.75) is 40.0 Å². The summed E-state index contributed by atoms with van der Waals surface area (Å²) in [5.41, 5.74) is 0. The lowest BCUT2D eigenvalue weighted by Crippen LogP contribution is -2.25. The Kier molecular flexibility index (Phi) is 10.5. The Hall–Kier alpha value is -0.0200. The van der Waals surface area contributed by atoms with E-state index in [2.05, 4.69) is 18.7 Å². The molecular weight excluding hydrogens is 206 g/mol. The standard InChI is InChI=1S/C12H25NOS/c1-4-13(5-2)9-11-15-10-7-6-8-12(3)14/h4-11H2,1-3H3. The average molecular weight is 231 g/mol. The van der Waals surface area contributed by atoms with Crippen LogP contribution in [0.25, 0.3) is 0 Å². The molecule has 0 aliphatic heterocycles. The minimum atomic E-state index is 0.322. The minimum Gasteiger partial charge on any atom is -0.303 e. The number of hydrogen-bond acceptors (Lipinski definition) is 3. The molecular formula is C12H25NOS.